The molecule has 3 heteroatoms. The zero-order valence-corrected chi connectivity index (χ0v) is 9.38. The number of ether oxygens (including phenoxy) is 1. The molecular formula is C13H16F2O. The van der Waals surface area contributed by atoms with Crippen molar-refractivity contribution in [2.24, 2.45) is 0 Å². The quantitative estimate of drug-likeness (QED) is 0.745. The van der Waals surface area contributed by atoms with Gasteiger partial charge < -0.3 is 4.74 Å². The maximum Gasteiger partial charge on any atom is 0.166 e. The maximum atomic E-state index is 14.5. The third-order valence-electron chi connectivity index (χ3n) is 3.31. The van der Waals surface area contributed by atoms with Crippen LogP contribution in [-0.2, 0) is 5.67 Å². The van der Waals surface area contributed by atoms with E-state index in [9.17, 15) is 8.78 Å². The first-order chi connectivity index (χ1) is 7.66. The molecule has 1 saturated carbocycles. The highest BCUT2D eigenvalue weighted by atomic mass is 19.2. The van der Waals surface area contributed by atoms with Crippen molar-refractivity contribution < 1.29 is 13.5 Å². The van der Waals surface area contributed by atoms with Gasteiger partial charge in [-0.15, -0.1) is 0 Å². The topological polar surface area (TPSA) is 9.23 Å². The summed E-state index contributed by atoms with van der Waals surface area (Å²) >= 11 is 0. The Kier molecular flexibility index (Phi) is 3.13. The third kappa shape index (κ3) is 1.91. The summed E-state index contributed by atoms with van der Waals surface area (Å²) in [5, 5.41) is 0. The molecule has 0 aliphatic heterocycles. The smallest absolute Gasteiger partial charge is 0.166 e. The van der Waals surface area contributed by atoms with Crippen LogP contribution in [0.4, 0.5) is 8.78 Å². The minimum absolute atomic E-state index is 0.278. The van der Waals surface area contributed by atoms with E-state index in [-0.39, 0.29) is 6.42 Å². The Bertz CT molecular complexity index is 349. The van der Waals surface area contributed by atoms with E-state index >= 15 is 0 Å². The molecule has 88 valence electrons. The molecule has 0 bridgehead atoms. The Morgan fingerprint density at radius 3 is 2.50 bits per heavy atom. The number of hydrogen-bond acceptors (Lipinski definition) is 1. The van der Waals surface area contributed by atoms with Crippen LogP contribution in [-0.4, -0.2) is 13.3 Å². The van der Waals surface area contributed by atoms with Crippen LogP contribution in [0.5, 0.6) is 5.75 Å². The highest BCUT2D eigenvalue weighted by molar-refractivity contribution is 5.32. The lowest BCUT2D eigenvalue weighted by Crippen LogP contribution is -2.35. The van der Waals surface area contributed by atoms with Crippen molar-refractivity contribution in [3.05, 3.63) is 29.8 Å². The van der Waals surface area contributed by atoms with Crippen molar-refractivity contribution >= 4 is 0 Å². The number of hydrogen-bond donors (Lipinski definition) is 0. The monoisotopic (exact) mass is 226 g/mol. The van der Waals surface area contributed by atoms with Crippen LogP contribution in [0.25, 0.3) is 0 Å². The van der Waals surface area contributed by atoms with E-state index in [1.54, 1.807) is 31.4 Å². The maximum absolute atomic E-state index is 14.5. The second-order valence-electron chi connectivity index (χ2n) is 4.30. The standard InChI is InChI=1S/C13H16F2O/c1-16-11-7-5-10(6-8-11)13(15)9-3-2-4-12(13)14/h5-8,12H,2-4,9H2,1H3/t12-,13-/m1/s1. The second-order valence-corrected chi connectivity index (χ2v) is 4.30. The van der Waals surface area contributed by atoms with Gasteiger partial charge >= 0.3 is 0 Å². The predicted octanol–water partition coefficient (Wildman–Crippen LogP) is 3.77. The fourth-order valence-electron chi connectivity index (χ4n) is 2.28. The molecule has 1 aromatic rings. The van der Waals surface area contributed by atoms with Crippen molar-refractivity contribution in [2.45, 2.75) is 37.5 Å². The van der Waals surface area contributed by atoms with E-state index in [4.69, 9.17) is 4.74 Å². The molecule has 0 amide bonds. The fourth-order valence-corrected chi connectivity index (χ4v) is 2.28. The molecule has 0 spiro atoms. The van der Waals surface area contributed by atoms with Crippen molar-refractivity contribution in [3.8, 4) is 5.75 Å². The molecule has 2 atom stereocenters. The zero-order valence-electron chi connectivity index (χ0n) is 9.38. The van der Waals surface area contributed by atoms with Crippen molar-refractivity contribution in [1.82, 2.24) is 0 Å². The van der Waals surface area contributed by atoms with Crippen LogP contribution < -0.4 is 4.74 Å². The average Bonchev–Trinajstić information content (AvgIpc) is 2.33. The first kappa shape index (κ1) is 11.4. The van der Waals surface area contributed by atoms with Crippen LogP contribution >= 0.6 is 0 Å². The number of methoxy groups -OCH3 is 1. The molecule has 0 unspecified atom stereocenters. The van der Waals surface area contributed by atoms with Crippen molar-refractivity contribution in [2.75, 3.05) is 7.11 Å². The van der Waals surface area contributed by atoms with E-state index in [0.717, 1.165) is 12.8 Å². The van der Waals surface area contributed by atoms with Gasteiger partial charge in [-0.1, -0.05) is 18.6 Å². The van der Waals surface area contributed by atoms with Gasteiger partial charge in [0.05, 0.1) is 7.11 Å². The summed E-state index contributed by atoms with van der Waals surface area (Å²) in [5.74, 6) is 0.665. The molecule has 0 N–H and O–H groups in total. The molecule has 0 heterocycles. The number of benzene rings is 1. The van der Waals surface area contributed by atoms with Gasteiger partial charge in [0, 0.05) is 0 Å². The van der Waals surface area contributed by atoms with Crippen molar-refractivity contribution in [3.63, 3.8) is 0 Å². The normalized spacial score (nSPS) is 30.1. The molecular weight excluding hydrogens is 210 g/mol. The summed E-state index contributed by atoms with van der Waals surface area (Å²) in [7, 11) is 1.55. The first-order valence-electron chi connectivity index (χ1n) is 5.64. The summed E-state index contributed by atoms with van der Waals surface area (Å²) in [6, 6.07) is 6.60. The van der Waals surface area contributed by atoms with Gasteiger partial charge in [-0.25, -0.2) is 8.78 Å². The molecule has 1 aromatic carbocycles. The molecule has 1 aliphatic carbocycles. The molecule has 2 rings (SSSR count). The van der Waals surface area contributed by atoms with E-state index in [1.807, 2.05) is 0 Å². The number of halogens is 2. The Labute approximate surface area is 94.4 Å². The molecule has 0 aromatic heterocycles. The van der Waals surface area contributed by atoms with E-state index in [1.165, 1.54) is 0 Å². The van der Waals surface area contributed by atoms with Crippen LogP contribution in [0.3, 0.4) is 0 Å². The summed E-state index contributed by atoms with van der Waals surface area (Å²) in [4.78, 5) is 0. The van der Waals surface area contributed by atoms with Gasteiger partial charge in [0.1, 0.15) is 11.9 Å². The second kappa shape index (κ2) is 4.40. The molecule has 0 radical (unpaired) electrons. The fraction of sp³-hybridized carbons (Fsp3) is 0.538. The predicted molar refractivity (Wildman–Crippen MR) is 59.1 cm³/mol. The summed E-state index contributed by atoms with van der Waals surface area (Å²) in [5.41, 5.74) is -1.37. The van der Waals surface area contributed by atoms with Crippen LogP contribution in [0.2, 0.25) is 0 Å². The Hall–Kier alpha value is -1.12. The molecule has 16 heavy (non-hydrogen) atoms. The molecule has 1 nitrogen and oxygen atoms in total. The van der Waals surface area contributed by atoms with Gasteiger partial charge in [0.15, 0.2) is 5.67 Å². The van der Waals surface area contributed by atoms with Gasteiger partial charge in [0.2, 0.25) is 0 Å². The first-order valence-corrected chi connectivity index (χ1v) is 5.64. The third-order valence-corrected chi connectivity index (χ3v) is 3.31. The van der Waals surface area contributed by atoms with Gasteiger partial charge in [-0.05, 0) is 37.0 Å². The molecule has 0 saturated heterocycles. The minimum atomic E-state index is -1.80. The number of alkyl halides is 2. The summed E-state index contributed by atoms with van der Waals surface area (Å²) < 4.78 is 33.2. The summed E-state index contributed by atoms with van der Waals surface area (Å²) in [6.07, 6.45) is 0.754. The lowest BCUT2D eigenvalue weighted by atomic mass is 9.80. The van der Waals surface area contributed by atoms with Crippen LogP contribution in [0, 0.1) is 0 Å². The highest BCUT2D eigenvalue weighted by Gasteiger charge is 2.43. The number of rotatable bonds is 2. The SMILES string of the molecule is COc1ccc([C@]2(F)CCCC[C@H]2F)cc1. The molecule has 1 fully saturated rings. The minimum Gasteiger partial charge on any atom is -0.497 e. The van der Waals surface area contributed by atoms with E-state index in [2.05, 4.69) is 0 Å². The Morgan fingerprint density at radius 2 is 1.94 bits per heavy atom. The largest absolute Gasteiger partial charge is 0.497 e. The van der Waals surface area contributed by atoms with Gasteiger partial charge in [-0.2, -0.15) is 0 Å². The van der Waals surface area contributed by atoms with Crippen LogP contribution in [0.15, 0.2) is 24.3 Å². The average molecular weight is 226 g/mol. The summed E-state index contributed by atoms with van der Waals surface area (Å²) in [6.45, 7) is 0. The lowest BCUT2D eigenvalue weighted by Gasteiger charge is -2.33. The van der Waals surface area contributed by atoms with Gasteiger partial charge in [0.25, 0.3) is 0 Å². The van der Waals surface area contributed by atoms with Gasteiger partial charge in [-0.3, -0.25) is 0 Å². The zero-order chi connectivity index (χ0) is 11.6. The lowest BCUT2D eigenvalue weighted by molar-refractivity contribution is 0.00861. The van der Waals surface area contributed by atoms with Crippen LogP contribution in [0.1, 0.15) is 31.2 Å². The Morgan fingerprint density at radius 1 is 1.25 bits per heavy atom. The van der Waals surface area contributed by atoms with Crippen molar-refractivity contribution in [1.29, 1.82) is 0 Å². The van der Waals surface area contributed by atoms with E-state index in [0.29, 0.717) is 17.7 Å². The molecule has 1 aliphatic rings. The highest BCUT2D eigenvalue weighted by Crippen LogP contribution is 2.42. The van der Waals surface area contributed by atoms with E-state index < -0.39 is 11.8 Å². The Balaban J connectivity index is 2.26.